The smallest absolute Gasteiger partial charge is 0.108 e. The first kappa shape index (κ1) is 10.0. The summed E-state index contributed by atoms with van der Waals surface area (Å²) >= 11 is 0. The van der Waals surface area contributed by atoms with Crippen molar-refractivity contribution in [3.05, 3.63) is 30.4 Å². The molecule has 72 valence electrons. The largest absolute Gasteiger partial charge is 0.331 e. The lowest BCUT2D eigenvalue weighted by atomic mass is 10.2. The van der Waals surface area contributed by atoms with Crippen LogP contribution in [0.25, 0.3) is 0 Å². The van der Waals surface area contributed by atoms with E-state index in [-0.39, 0.29) is 0 Å². The maximum atomic E-state index is 4.32. The fraction of sp³-hybridized carbons (Fsp3) is 0.545. The summed E-state index contributed by atoms with van der Waals surface area (Å²) in [5.41, 5.74) is 1.26. The Balaban J connectivity index is 2.64. The second-order valence-corrected chi connectivity index (χ2v) is 3.32. The first-order valence-corrected chi connectivity index (χ1v) is 4.94. The van der Waals surface area contributed by atoms with E-state index in [4.69, 9.17) is 0 Å². The first-order valence-electron chi connectivity index (χ1n) is 4.94. The van der Waals surface area contributed by atoms with Crippen molar-refractivity contribution < 1.29 is 0 Å². The van der Waals surface area contributed by atoms with Crippen molar-refractivity contribution in [3.63, 3.8) is 0 Å². The summed E-state index contributed by atoms with van der Waals surface area (Å²) < 4.78 is 2.19. The van der Waals surface area contributed by atoms with Gasteiger partial charge in [-0.3, -0.25) is 0 Å². The molecule has 0 fully saturated rings. The highest BCUT2D eigenvalue weighted by Gasteiger charge is 2.01. The van der Waals surface area contributed by atoms with Crippen LogP contribution in [0.4, 0.5) is 0 Å². The van der Waals surface area contributed by atoms with Gasteiger partial charge >= 0.3 is 0 Å². The molecular weight excluding hydrogens is 160 g/mol. The van der Waals surface area contributed by atoms with Gasteiger partial charge in [-0.2, -0.15) is 0 Å². The molecular formula is C11H18N2. The molecule has 0 atom stereocenters. The van der Waals surface area contributed by atoms with E-state index in [1.165, 1.54) is 11.4 Å². The first-order chi connectivity index (χ1) is 6.27. The molecule has 2 heteroatoms. The number of imidazole rings is 1. The Morgan fingerprint density at radius 3 is 2.92 bits per heavy atom. The Kier molecular flexibility index (Phi) is 3.74. The molecule has 13 heavy (non-hydrogen) atoms. The third-order valence-corrected chi connectivity index (χ3v) is 2.17. The number of rotatable bonds is 5. The molecule has 2 nitrogen and oxygen atoms in total. The number of hydrogen-bond donors (Lipinski definition) is 0. The minimum absolute atomic E-state index is 0.922. The second-order valence-electron chi connectivity index (χ2n) is 3.32. The third-order valence-electron chi connectivity index (χ3n) is 2.17. The predicted octanol–water partition coefficient (Wildman–Crippen LogP) is 2.80. The van der Waals surface area contributed by atoms with Gasteiger partial charge in [0.15, 0.2) is 0 Å². The predicted molar refractivity (Wildman–Crippen MR) is 55.7 cm³/mol. The quantitative estimate of drug-likeness (QED) is 0.634. The van der Waals surface area contributed by atoms with Crippen molar-refractivity contribution in [1.82, 2.24) is 9.55 Å². The van der Waals surface area contributed by atoms with Crippen molar-refractivity contribution in [2.24, 2.45) is 0 Å². The summed E-state index contributed by atoms with van der Waals surface area (Å²) in [7, 11) is 0. The van der Waals surface area contributed by atoms with Crippen molar-refractivity contribution in [1.29, 1.82) is 0 Å². The summed E-state index contributed by atoms with van der Waals surface area (Å²) in [6.07, 6.45) is 7.16. The van der Waals surface area contributed by atoms with Crippen LogP contribution >= 0.6 is 0 Å². The Bertz CT molecular complexity index is 273. The maximum Gasteiger partial charge on any atom is 0.108 e. The molecule has 0 unspecified atom stereocenters. The van der Waals surface area contributed by atoms with Crippen LogP contribution < -0.4 is 0 Å². The molecule has 0 aromatic carbocycles. The third kappa shape index (κ3) is 2.72. The molecule has 1 rings (SSSR count). The molecule has 0 aliphatic heterocycles. The van der Waals surface area contributed by atoms with Gasteiger partial charge in [-0.15, -0.1) is 0 Å². The van der Waals surface area contributed by atoms with Crippen LogP contribution in [0.1, 0.15) is 32.5 Å². The molecule has 0 saturated heterocycles. The molecule has 0 N–H and O–H groups in total. The van der Waals surface area contributed by atoms with Crippen LogP contribution in [-0.2, 0) is 13.0 Å². The molecule has 0 amide bonds. The number of aryl methyl sites for hydroxylation is 1. The Morgan fingerprint density at radius 1 is 1.54 bits per heavy atom. The fourth-order valence-electron chi connectivity index (χ4n) is 1.29. The zero-order valence-corrected chi connectivity index (χ0v) is 8.58. The Morgan fingerprint density at radius 2 is 2.31 bits per heavy atom. The number of hydrogen-bond acceptors (Lipinski definition) is 1. The van der Waals surface area contributed by atoms with E-state index in [0.717, 1.165) is 25.8 Å². The minimum atomic E-state index is 0.922. The summed E-state index contributed by atoms with van der Waals surface area (Å²) in [6, 6.07) is 0. The van der Waals surface area contributed by atoms with E-state index in [1.807, 2.05) is 12.4 Å². The van der Waals surface area contributed by atoms with Gasteiger partial charge < -0.3 is 4.57 Å². The van der Waals surface area contributed by atoms with Gasteiger partial charge in [0, 0.05) is 25.4 Å². The number of allylic oxidation sites excluding steroid dienone is 1. The lowest BCUT2D eigenvalue weighted by Crippen LogP contribution is -2.04. The van der Waals surface area contributed by atoms with Crippen LogP contribution in [0.15, 0.2) is 24.5 Å². The van der Waals surface area contributed by atoms with Gasteiger partial charge in [0.05, 0.1) is 0 Å². The van der Waals surface area contributed by atoms with Crippen molar-refractivity contribution in [3.8, 4) is 0 Å². The molecule has 1 aromatic heterocycles. The standard InChI is InChI=1S/C11H18N2/c1-4-6-11-12-7-8-13(11)9-10(3)5-2/h7-8H,3-6,9H2,1-2H3. The van der Waals surface area contributed by atoms with Crippen molar-refractivity contribution >= 4 is 0 Å². The highest BCUT2D eigenvalue weighted by Crippen LogP contribution is 2.06. The van der Waals surface area contributed by atoms with Crippen LogP contribution in [0, 0.1) is 0 Å². The van der Waals surface area contributed by atoms with E-state index >= 15 is 0 Å². The van der Waals surface area contributed by atoms with Gasteiger partial charge in [-0.25, -0.2) is 4.98 Å². The summed E-state index contributed by atoms with van der Waals surface area (Å²) in [5.74, 6) is 1.18. The van der Waals surface area contributed by atoms with Gasteiger partial charge in [0.25, 0.3) is 0 Å². The van der Waals surface area contributed by atoms with E-state index in [0.29, 0.717) is 0 Å². The van der Waals surface area contributed by atoms with Gasteiger partial charge in [-0.1, -0.05) is 26.0 Å². The zero-order valence-electron chi connectivity index (χ0n) is 8.58. The van der Waals surface area contributed by atoms with Gasteiger partial charge in [0.2, 0.25) is 0 Å². The molecule has 1 aromatic rings. The molecule has 0 bridgehead atoms. The molecule has 0 saturated carbocycles. The van der Waals surface area contributed by atoms with Crippen LogP contribution in [-0.4, -0.2) is 9.55 Å². The normalized spacial score (nSPS) is 10.3. The van der Waals surface area contributed by atoms with Crippen LogP contribution in [0.2, 0.25) is 0 Å². The van der Waals surface area contributed by atoms with E-state index < -0.39 is 0 Å². The van der Waals surface area contributed by atoms with Crippen LogP contribution in [0.3, 0.4) is 0 Å². The molecule has 1 heterocycles. The summed E-state index contributed by atoms with van der Waals surface area (Å²) in [4.78, 5) is 4.32. The zero-order chi connectivity index (χ0) is 9.68. The van der Waals surface area contributed by atoms with E-state index in [1.54, 1.807) is 0 Å². The SMILES string of the molecule is C=C(CC)Cn1ccnc1CCC. The van der Waals surface area contributed by atoms with Gasteiger partial charge in [0.1, 0.15) is 5.82 Å². The van der Waals surface area contributed by atoms with E-state index in [2.05, 4.69) is 30.0 Å². The Hall–Kier alpha value is -1.05. The topological polar surface area (TPSA) is 17.8 Å². The van der Waals surface area contributed by atoms with Crippen LogP contribution in [0.5, 0.6) is 0 Å². The molecule has 0 radical (unpaired) electrons. The van der Waals surface area contributed by atoms with Crippen molar-refractivity contribution in [2.45, 2.75) is 39.7 Å². The monoisotopic (exact) mass is 178 g/mol. The average Bonchev–Trinajstić information content (AvgIpc) is 2.54. The Labute approximate surface area is 80.3 Å². The summed E-state index contributed by atoms with van der Waals surface area (Å²) in [6.45, 7) is 9.24. The fourth-order valence-corrected chi connectivity index (χ4v) is 1.29. The average molecular weight is 178 g/mol. The maximum absolute atomic E-state index is 4.32. The number of nitrogens with zero attached hydrogens (tertiary/aromatic N) is 2. The molecule has 0 aliphatic rings. The molecule has 0 spiro atoms. The second kappa shape index (κ2) is 4.85. The summed E-state index contributed by atoms with van der Waals surface area (Å²) in [5, 5.41) is 0. The highest BCUT2D eigenvalue weighted by molar-refractivity contribution is 5.00. The highest BCUT2D eigenvalue weighted by atomic mass is 15.1. The minimum Gasteiger partial charge on any atom is -0.331 e. The lowest BCUT2D eigenvalue weighted by molar-refractivity contribution is 0.686. The van der Waals surface area contributed by atoms with Crippen molar-refractivity contribution in [2.75, 3.05) is 0 Å². The number of aromatic nitrogens is 2. The molecule has 0 aliphatic carbocycles. The van der Waals surface area contributed by atoms with E-state index in [9.17, 15) is 0 Å². The lowest BCUT2D eigenvalue weighted by Gasteiger charge is -2.07. The van der Waals surface area contributed by atoms with Gasteiger partial charge in [-0.05, 0) is 12.8 Å².